The predicted octanol–water partition coefficient (Wildman–Crippen LogP) is 3.35. The summed E-state index contributed by atoms with van der Waals surface area (Å²) in [5.74, 6) is 0.715. The van der Waals surface area contributed by atoms with Crippen molar-refractivity contribution in [3.8, 4) is 5.75 Å². The van der Waals surface area contributed by atoms with E-state index in [9.17, 15) is 4.79 Å². The Morgan fingerprint density at radius 3 is 2.00 bits per heavy atom. The molecule has 0 radical (unpaired) electrons. The number of halogens is 1. The van der Waals surface area contributed by atoms with E-state index < -0.39 is 5.24 Å². The third kappa shape index (κ3) is 3.95. The first kappa shape index (κ1) is 14.5. The maximum absolute atomic E-state index is 10.6. The number of methoxy groups -OCH3 is 1. The molecule has 74 valence electrons. The van der Waals surface area contributed by atoms with Crippen LogP contribution in [-0.4, -0.2) is 12.4 Å². The third-order valence-corrected chi connectivity index (χ3v) is 1.54. The first-order valence-corrected chi connectivity index (χ1v) is 3.45. The van der Waals surface area contributed by atoms with Crippen LogP contribution in [0.25, 0.3) is 0 Å². The maximum Gasteiger partial charge on any atom is 0.252 e. The Hall–Kier alpha value is -1.02. The van der Waals surface area contributed by atoms with E-state index in [1.807, 2.05) is 0 Å². The lowest BCUT2D eigenvalue weighted by molar-refractivity contribution is 0.108. The Morgan fingerprint density at radius 2 is 1.69 bits per heavy atom. The smallest absolute Gasteiger partial charge is 0.252 e. The van der Waals surface area contributed by atoms with Crippen molar-refractivity contribution in [3.05, 3.63) is 29.8 Å². The van der Waals surface area contributed by atoms with E-state index in [0.717, 1.165) is 0 Å². The number of ether oxygens (including phenoxy) is 1. The van der Waals surface area contributed by atoms with Gasteiger partial charge in [-0.15, -0.1) is 0 Å². The molecule has 0 N–H and O–H groups in total. The standard InChI is InChI=1S/C8H7ClO2.2CH4/c1-11-7-4-2-6(3-5-7)8(9)10;;/h2-5H,1H3;2*1H4. The van der Waals surface area contributed by atoms with Crippen LogP contribution < -0.4 is 4.74 Å². The number of carbonyl (C=O) groups is 1. The van der Waals surface area contributed by atoms with Crippen LogP contribution in [0.15, 0.2) is 24.3 Å². The molecule has 0 bridgehead atoms. The average Bonchev–Trinajstić information content (AvgIpc) is 2.05. The van der Waals surface area contributed by atoms with Crippen molar-refractivity contribution in [3.63, 3.8) is 0 Å². The van der Waals surface area contributed by atoms with Gasteiger partial charge in [0.25, 0.3) is 5.24 Å². The lowest BCUT2D eigenvalue weighted by Gasteiger charge is -1.98. The molecule has 2 nitrogen and oxygen atoms in total. The molecular weight excluding hydrogens is 188 g/mol. The van der Waals surface area contributed by atoms with Crippen molar-refractivity contribution in [2.45, 2.75) is 14.9 Å². The van der Waals surface area contributed by atoms with Gasteiger partial charge in [0.15, 0.2) is 0 Å². The van der Waals surface area contributed by atoms with Crippen molar-refractivity contribution in [2.75, 3.05) is 7.11 Å². The SMILES string of the molecule is C.C.COc1ccc(C(=O)Cl)cc1. The Morgan fingerprint density at radius 1 is 1.23 bits per heavy atom. The van der Waals surface area contributed by atoms with E-state index in [1.165, 1.54) is 0 Å². The molecule has 0 unspecified atom stereocenters. The van der Waals surface area contributed by atoms with Crippen molar-refractivity contribution in [1.82, 2.24) is 0 Å². The van der Waals surface area contributed by atoms with Gasteiger partial charge in [0.1, 0.15) is 5.75 Å². The van der Waals surface area contributed by atoms with Crippen LogP contribution in [0.5, 0.6) is 5.75 Å². The van der Waals surface area contributed by atoms with Crippen LogP contribution in [0.4, 0.5) is 0 Å². The Labute approximate surface area is 84.5 Å². The molecule has 1 aromatic rings. The molecule has 0 fully saturated rings. The average molecular weight is 203 g/mol. The zero-order valence-electron chi connectivity index (χ0n) is 6.00. The molecule has 0 aliphatic rings. The molecular formula is C10H15ClO2. The fourth-order valence-electron chi connectivity index (χ4n) is 0.722. The van der Waals surface area contributed by atoms with E-state index in [0.29, 0.717) is 11.3 Å². The molecule has 0 spiro atoms. The lowest BCUT2D eigenvalue weighted by atomic mass is 10.2. The molecule has 0 saturated heterocycles. The second kappa shape index (κ2) is 6.49. The van der Waals surface area contributed by atoms with Crippen LogP contribution in [0.1, 0.15) is 25.2 Å². The van der Waals surface area contributed by atoms with E-state index in [1.54, 1.807) is 31.4 Å². The molecule has 0 atom stereocenters. The van der Waals surface area contributed by atoms with Crippen LogP contribution in [0.3, 0.4) is 0 Å². The number of hydrogen-bond donors (Lipinski definition) is 0. The van der Waals surface area contributed by atoms with Gasteiger partial charge in [0.05, 0.1) is 7.11 Å². The summed E-state index contributed by atoms with van der Waals surface area (Å²) in [6.45, 7) is 0. The second-order valence-corrected chi connectivity index (χ2v) is 2.35. The minimum absolute atomic E-state index is 0. The van der Waals surface area contributed by atoms with Gasteiger partial charge in [0.2, 0.25) is 0 Å². The number of rotatable bonds is 2. The highest BCUT2D eigenvalue weighted by atomic mass is 35.5. The van der Waals surface area contributed by atoms with Crippen molar-refractivity contribution in [2.24, 2.45) is 0 Å². The summed E-state index contributed by atoms with van der Waals surface area (Å²) in [5.41, 5.74) is 0.479. The van der Waals surface area contributed by atoms with Gasteiger partial charge < -0.3 is 4.74 Å². The minimum Gasteiger partial charge on any atom is -0.497 e. The monoisotopic (exact) mass is 202 g/mol. The molecule has 0 aliphatic carbocycles. The minimum atomic E-state index is -0.451. The topological polar surface area (TPSA) is 26.3 Å². The quantitative estimate of drug-likeness (QED) is 0.688. The van der Waals surface area contributed by atoms with E-state index in [-0.39, 0.29) is 14.9 Å². The zero-order valence-corrected chi connectivity index (χ0v) is 6.76. The summed E-state index contributed by atoms with van der Waals surface area (Å²) in [6, 6.07) is 6.62. The zero-order chi connectivity index (χ0) is 8.27. The maximum atomic E-state index is 10.6. The molecule has 1 aromatic carbocycles. The van der Waals surface area contributed by atoms with Gasteiger partial charge in [-0.3, -0.25) is 4.79 Å². The molecule has 0 heterocycles. The molecule has 3 heteroatoms. The van der Waals surface area contributed by atoms with Gasteiger partial charge >= 0.3 is 0 Å². The number of carbonyl (C=O) groups excluding carboxylic acids is 1. The molecule has 0 aromatic heterocycles. The molecule has 1 rings (SSSR count). The highest BCUT2D eigenvalue weighted by Crippen LogP contribution is 2.12. The largest absolute Gasteiger partial charge is 0.497 e. The molecule has 13 heavy (non-hydrogen) atoms. The van der Waals surface area contributed by atoms with Gasteiger partial charge in [-0.05, 0) is 35.9 Å². The summed E-state index contributed by atoms with van der Waals surface area (Å²) in [7, 11) is 1.57. The molecule has 0 saturated carbocycles. The first-order valence-electron chi connectivity index (χ1n) is 3.08. The summed E-state index contributed by atoms with van der Waals surface area (Å²) >= 11 is 5.22. The van der Waals surface area contributed by atoms with Gasteiger partial charge in [-0.1, -0.05) is 14.9 Å². The summed E-state index contributed by atoms with van der Waals surface area (Å²) < 4.78 is 4.89. The number of benzene rings is 1. The van der Waals surface area contributed by atoms with Gasteiger partial charge in [0, 0.05) is 5.56 Å². The van der Waals surface area contributed by atoms with Gasteiger partial charge in [-0.2, -0.15) is 0 Å². The van der Waals surface area contributed by atoms with Crippen LogP contribution in [0, 0.1) is 0 Å². The summed E-state index contributed by atoms with van der Waals surface area (Å²) in [5, 5.41) is -0.451. The van der Waals surface area contributed by atoms with Crippen molar-refractivity contribution < 1.29 is 9.53 Å². The second-order valence-electron chi connectivity index (χ2n) is 2.00. The van der Waals surface area contributed by atoms with E-state index >= 15 is 0 Å². The third-order valence-electron chi connectivity index (χ3n) is 1.32. The van der Waals surface area contributed by atoms with E-state index in [4.69, 9.17) is 16.3 Å². The normalized spacial score (nSPS) is 7.85. The highest BCUT2D eigenvalue weighted by molar-refractivity contribution is 6.67. The Bertz CT molecular complexity index is 254. The highest BCUT2D eigenvalue weighted by Gasteiger charge is 1.99. The van der Waals surface area contributed by atoms with E-state index in [2.05, 4.69) is 0 Å². The van der Waals surface area contributed by atoms with Gasteiger partial charge in [-0.25, -0.2) is 0 Å². The summed E-state index contributed by atoms with van der Waals surface area (Å²) in [6.07, 6.45) is 0. The fourth-order valence-corrected chi connectivity index (χ4v) is 0.848. The van der Waals surface area contributed by atoms with Crippen molar-refractivity contribution >= 4 is 16.8 Å². The first-order chi connectivity index (χ1) is 5.24. The Balaban J connectivity index is 0. The molecule has 0 amide bonds. The molecule has 0 aliphatic heterocycles. The fraction of sp³-hybridized carbons (Fsp3) is 0.300. The number of hydrogen-bond acceptors (Lipinski definition) is 2. The van der Waals surface area contributed by atoms with Crippen LogP contribution in [-0.2, 0) is 0 Å². The van der Waals surface area contributed by atoms with Crippen LogP contribution in [0.2, 0.25) is 0 Å². The van der Waals surface area contributed by atoms with Crippen molar-refractivity contribution in [1.29, 1.82) is 0 Å². The predicted molar refractivity (Wildman–Crippen MR) is 56.6 cm³/mol. The van der Waals surface area contributed by atoms with Crippen LogP contribution >= 0.6 is 11.6 Å². The Kier molecular flexibility index (Phi) is 7.24. The lowest BCUT2D eigenvalue weighted by Crippen LogP contribution is -1.88. The summed E-state index contributed by atoms with van der Waals surface area (Å²) in [4.78, 5) is 10.6.